The van der Waals surface area contributed by atoms with Crippen LogP contribution in [-0.4, -0.2) is 4.98 Å². The van der Waals surface area contributed by atoms with Crippen LogP contribution in [0.2, 0.25) is 4.34 Å². The van der Waals surface area contributed by atoms with Crippen LogP contribution in [0.15, 0.2) is 30.5 Å². The van der Waals surface area contributed by atoms with Gasteiger partial charge in [-0.05, 0) is 49.9 Å². The Labute approximate surface area is 122 Å². The molecule has 19 heavy (non-hydrogen) atoms. The molecule has 0 amide bonds. The van der Waals surface area contributed by atoms with Gasteiger partial charge in [0, 0.05) is 23.2 Å². The summed E-state index contributed by atoms with van der Waals surface area (Å²) in [7, 11) is 0. The van der Waals surface area contributed by atoms with E-state index in [2.05, 4.69) is 29.4 Å². The molecule has 0 aliphatic heterocycles. The number of halogens is 1. The highest BCUT2D eigenvalue weighted by Crippen LogP contribution is 2.38. The van der Waals surface area contributed by atoms with E-state index >= 15 is 0 Å². The van der Waals surface area contributed by atoms with Gasteiger partial charge in [0.25, 0.3) is 0 Å². The molecular weight excluding hydrogens is 276 g/mol. The van der Waals surface area contributed by atoms with Crippen LogP contribution in [0.4, 0.5) is 0 Å². The first-order valence-electron chi connectivity index (χ1n) is 6.69. The van der Waals surface area contributed by atoms with Crippen LogP contribution in [-0.2, 0) is 6.42 Å². The highest BCUT2D eigenvalue weighted by Gasteiger charge is 2.24. The molecule has 1 aliphatic rings. The summed E-state index contributed by atoms with van der Waals surface area (Å²) in [4.78, 5) is 5.87. The molecule has 2 aromatic rings. The standard InChI is InChI=1S/C15H17ClN2S/c1-10(12-5-2-3-8-17-12)18-13-6-4-7-14-11(13)9-15(16)19-14/h2-3,5,8-10,13,18H,4,6-7H2,1H3/t10-,13?/m0/s1. The van der Waals surface area contributed by atoms with Crippen LogP contribution >= 0.6 is 22.9 Å². The third kappa shape index (κ3) is 2.83. The Morgan fingerprint density at radius 1 is 1.47 bits per heavy atom. The molecule has 2 nitrogen and oxygen atoms in total. The van der Waals surface area contributed by atoms with E-state index in [9.17, 15) is 0 Å². The summed E-state index contributed by atoms with van der Waals surface area (Å²) in [5, 5.41) is 3.69. The predicted molar refractivity (Wildman–Crippen MR) is 80.8 cm³/mol. The number of aromatic nitrogens is 1. The molecule has 0 saturated carbocycles. The quantitative estimate of drug-likeness (QED) is 0.899. The SMILES string of the molecule is C[C@H](NC1CCCc2sc(Cl)cc21)c1ccccn1. The lowest BCUT2D eigenvalue weighted by molar-refractivity contribution is 0.414. The first-order chi connectivity index (χ1) is 9.24. The molecule has 4 heteroatoms. The van der Waals surface area contributed by atoms with Crippen LogP contribution in [0.3, 0.4) is 0 Å². The van der Waals surface area contributed by atoms with E-state index in [0.717, 1.165) is 10.0 Å². The molecule has 1 unspecified atom stereocenters. The van der Waals surface area contributed by atoms with E-state index < -0.39 is 0 Å². The first kappa shape index (κ1) is 13.1. The summed E-state index contributed by atoms with van der Waals surface area (Å²) in [6, 6.07) is 8.85. The van der Waals surface area contributed by atoms with E-state index in [0.29, 0.717) is 6.04 Å². The van der Waals surface area contributed by atoms with Gasteiger partial charge in [-0.25, -0.2) is 0 Å². The molecule has 0 fully saturated rings. The maximum atomic E-state index is 6.15. The minimum Gasteiger partial charge on any atom is -0.302 e. The van der Waals surface area contributed by atoms with Gasteiger partial charge in [0.05, 0.1) is 10.0 Å². The minimum absolute atomic E-state index is 0.260. The molecule has 0 radical (unpaired) electrons. The van der Waals surface area contributed by atoms with Crippen LogP contribution < -0.4 is 5.32 Å². The first-order valence-corrected chi connectivity index (χ1v) is 7.88. The zero-order valence-corrected chi connectivity index (χ0v) is 12.5. The van der Waals surface area contributed by atoms with E-state index in [1.807, 2.05) is 18.3 Å². The van der Waals surface area contributed by atoms with Gasteiger partial charge in [0.1, 0.15) is 0 Å². The lowest BCUT2D eigenvalue weighted by atomic mass is 9.93. The van der Waals surface area contributed by atoms with Gasteiger partial charge in [0.15, 0.2) is 0 Å². The molecule has 2 aromatic heterocycles. The van der Waals surface area contributed by atoms with Gasteiger partial charge in [-0.15, -0.1) is 11.3 Å². The number of nitrogens with zero attached hydrogens (tertiary/aromatic N) is 1. The van der Waals surface area contributed by atoms with Crippen molar-refractivity contribution < 1.29 is 0 Å². The van der Waals surface area contributed by atoms with Gasteiger partial charge in [0.2, 0.25) is 0 Å². The number of thiophene rings is 1. The molecule has 1 N–H and O–H groups in total. The topological polar surface area (TPSA) is 24.9 Å². The van der Waals surface area contributed by atoms with Crippen molar-refractivity contribution in [1.29, 1.82) is 0 Å². The Bertz CT molecular complexity index is 553. The van der Waals surface area contributed by atoms with Crippen molar-refractivity contribution in [3.05, 3.63) is 50.9 Å². The van der Waals surface area contributed by atoms with Gasteiger partial charge >= 0.3 is 0 Å². The second-order valence-electron chi connectivity index (χ2n) is 5.02. The van der Waals surface area contributed by atoms with Crippen LogP contribution in [0.25, 0.3) is 0 Å². The molecule has 2 heterocycles. The maximum Gasteiger partial charge on any atom is 0.0934 e. The summed E-state index contributed by atoms with van der Waals surface area (Å²) >= 11 is 7.87. The van der Waals surface area contributed by atoms with Crippen LogP contribution in [0.5, 0.6) is 0 Å². The van der Waals surface area contributed by atoms with Crippen molar-refractivity contribution in [3.8, 4) is 0 Å². The minimum atomic E-state index is 0.260. The fourth-order valence-electron chi connectivity index (χ4n) is 2.71. The number of aryl methyl sites for hydroxylation is 1. The summed E-state index contributed by atoms with van der Waals surface area (Å²) in [5.74, 6) is 0. The van der Waals surface area contributed by atoms with Crippen molar-refractivity contribution in [2.75, 3.05) is 0 Å². The normalized spacial score (nSPS) is 20.0. The highest BCUT2D eigenvalue weighted by molar-refractivity contribution is 7.16. The third-order valence-corrected chi connectivity index (χ3v) is 5.01. The molecule has 3 rings (SSSR count). The Balaban J connectivity index is 1.77. The summed E-state index contributed by atoms with van der Waals surface area (Å²) in [6.45, 7) is 2.17. The molecule has 100 valence electrons. The van der Waals surface area contributed by atoms with Crippen molar-refractivity contribution in [3.63, 3.8) is 0 Å². The lowest BCUT2D eigenvalue weighted by Gasteiger charge is -2.27. The summed E-state index contributed by atoms with van der Waals surface area (Å²) in [5.41, 5.74) is 2.49. The van der Waals surface area contributed by atoms with Crippen LogP contribution in [0, 0.1) is 0 Å². The largest absolute Gasteiger partial charge is 0.302 e. The molecule has 0 aromatic carbocycles. The summed E-state index contributed by atoms with van der Waals surface area (Å²) < 4.78 is 0.907. The van der Waals surface area contributed by atoms with Crippen molar-refractivity contribution in [2.45, 2.75) is 38.3 Å². The summed E-state index contributed by atoms with van der Waals surface area (Å²) in [6.07, 6.45) is 5.43. The van der Waals surface area contributed by atoms with Gasteiger partial charge in [-0.3, -0.25) is 4.98 Å². The average Bonchev–Trinajstić information content (AvgIpc) is 2.81. The Morgan fingerprint density at radius 2 is 2.37 bits per heavy atom. The second kappa shape index (κ2) is 5.61. The predicted octanol–water partition coefficient (Wildman–Crippen LogP) is 4.52. The molecule has 0 spiro atoms. The molecule has 1 aliphatic carbocycles. The Hall–Kier alpha value is -0.900. The van der Waals surface area contributed by atoms with E-state index in [1.54, 1.807) is 11.3 Å². The monoisotopic (exact) mass is 292 g/mol. The van der Waals surface area contributed by atoms with Crippen LogP contribution in [0.1, 0.15) is 48.0 Å². The fraction of sp³-hybridized carbons (Fsp3) is 0.400. The van der Waals surface area contributed by atoms with E-state index in [4.69, 9.17) is 11.6 Å². The smallest absolute Gasteiger partial charge is 0.0934 e. The molecular formula is C15H17ClN2S. The van der Waals surface area contributed by atoms with E-state index in [1.165, 1.54) is 29.7 Å². The zero-order chi connectivity index (χ0) is 13.2. The number of rotatable bonds is 3. The van der Waals surface area contributed by atoms with Crippen molar-refractivity contribution >= 4 is 22.9 Å². The van der Waals surface area contributed by atoms with Crippen molar-refractivity contribution in [1.82, 2.24) is 10.3 Å². The highest BCUT2D eigenvalue weighted by atomic mass is 35.5. The lowest BCUT2D eigenvalue weighted by Crippen LogP contribution is -2.27. The van der Waals surface area contributed by atoms with Gasteiger partial charge < -0.3 is 5.32 Å². The molecule has 0 bridgehead atoms. The zero-order valence-electron chi connectivity index (χ0n) is 10.9. The maximum absolute atomic E-state index is 6.15. The van der Waals surface area contributed by atoms with Crippen molar-refractivity contribution in [2.24, 2.45) is 0 Å². The van der Waals surface area contributed by atoms with Gasteiger partial charge in [-0.2, -0.15) is 0 Å². The fourth-order valence-corrected chi connectivity index (χ4v) is 4.10. The number of fused-ring (bicyclic) bond motifs is 1. The number of nitrogens with one attached hydrogen (secondary N) is 1. The number of hydrogen-bond acceptors (Lipinski definition) is 3. The second-order valence-corrected chi connectivity index (χ2v) is 6.78. The number of pyridine rings is 1. The number of hydrogen-bond donors (Lipinski definition) is 1. The Kier molecular flexibility index (Phi) is 3.87. The Morgan fingerprint density at radius 3 is 3.16 bits per heavy atom. The third-order valence-electron chi connectivity index (χ3n) is 3.67. The molecule has 2 atom stereocenters. The van der Waals surface area contributed by atoms with Gasteiger partial charge in [-0.1, -0.05) is 17.7 Å². The average molecular weight is 293 g/mol. The van der Waals surface area contributed by atoms with E-state index in [-0.39, 0.29) is 6.04 Å². The molecule has 0 saturated heterocycles.